The molecule has 1 aliphatic heterocycles. The zero-order valence-electron chi connectivity index (χ0n) is 17.2. The molecule has 1 fully saturated rings. The molecule has 2 aromatic rings. The van der Waals surface area contributed by atoms with E-state index in [0.29, 0.717) is 39.6 Å². The zero-order valence-corrected chi connectivity index (χ0v) is 18.1. The molecule has 0 amide bonds. The molecule has 2 aromatic heterocycles. The van der Waals surface area contributed by atoms with Crippen LogP contribution < -0.4 is 5.56 Å². The molecule has 9 heteroatoms. The third kappa shape index (κ3) is 4.84. The van der Waals surface area contributed by atoms with Crippen molar-refractivity contribution in [1.82, 2.24) is 14.9 Å². The average molecular weight is 422 g/mol. The van der Waals surface area contributed by atoms with Gasteiger partial charge in [0.2, 0.25) is 0 Å². The van der Waals surface area contributed by atoms with Gasteiger partial charge in [-0.1, -0.05) is 0 Å². The number of aromatic nitrogens is 2. The number of likely N-dealkylation sites (tertiary alicyclic amines) is 1. The Morgan fingerprint density at radius 2 is 2.00 bits per heavy atom. The summed E-state index contributed by atoms with van der Waals surface area (Å²) < 4.78 is 10.4. The standard InChI is InChI=1S/C20H27N3O5S/c1-5-27-19(25)13-6-8-23(9-7-13)10-14-21-17(24)15-12(4)16(29-18(15)22-14)20(26)28-11(2)3/h11,13H,5-10H2,1-4H3,(H,21,22,24). The normalized spacial score (nSPS) is 15.8. The SMILES string of the molecule is CCOC(=O)C1CCN(Cc2nc3sc(C(=O)OC(C)C)c(C)c3c(=O)[nH]2)CC1. The van der Waals surface area contributed by atoms with E-state index < -0.39 is 5.97 Å². The average Bonchev–Trinajstić information content (AvgIpc) is 2.99. The first-order valence-corrected chi connectivity index (χ1v) is 10.7. The van der Waals surface area contributed by atoms with Crippen molar-refractivity contribution in [2.45, 2.75) is 53.2 Å². The fraction of sp³-hybridized carbons (Fsp3) is 0.600. The number of ether oxygens (including phenoxy) is 2. The molecule has 0 aromatic carbocycles. The van der Waals surface area contributed by atoms with Crippen LogP contribution in [0.1, 0.15) is 54.7 Å². The number of esters is 2. The summed E-state index contributed by atoms with van der Waals surface area (Å²) in [5, 5.41) is 0.440. The highest BCUT2D eigenvalue weighted by Gasteiger charge is 2.27. The first-order chi connectivity index (χ1) is 13.8. The maximum Gasteiger partial charge on any atom is 0.348 e. The van der Waals surface area contributed by atoms with E-state index in [2.05, 4.69) is 14.9 Å². The van der Waals surface area contributed by atoms with Gasteiger partial charge in [-0.3, -0.25) is 14.5 Å². The Labute approximate surface area is 173 Å². The number of hydrogen-bond acceptors (Lipinski definition) is 8. The Morgan fingerprint density at radius 3 is 2.62 bits per heavy atom. The van der Waals surface area contributed by atoms with Gasteiger partial charge in [0.25, 0.3) is 5.56 Å². The lowest BCUT2D eigenvalue weighted by atomic mass is 9.97. The summed E-state index contributed by atoms with van der Waals surface area (Å²) in [5.41, 5.74) is 0.356. The van der Waals surface area contributed by atoms with Crippen LogP contribution in [-0.2, 0) is 20.8 Å². The van der Waals surface area contributed by atoms with Crippen LogP contribution in [-0.4, -0.2) is 52.6 Å². The van der Waals surface area contributed by atoms with Crippen LogP contribution in [0.5, 0.6) is 0 Å². The Morgan fingerprint density at radius 1 is 1.31 bits per heavy atom. The summed E-state index contributed by atoms with van der Waals surface area (Å²) in [4.78, 5) is 47.3. The van der Waals surface area contributed by atoms with Crippen LogP contribution in [0.3, 0.4) is 0 Å². The lowest BCUT2D eigenvalue weighted by molar-refractivity contribution is -0.149. The van der Waals surface area contributed by atoms with Gasteiger partial charge in [0.15, 0.2) is 0 Å². The van der Waals surface area contributed by atoms with Gasteiger partial charge in [0, 0.05) is 0 Å². The Hall–Kier alpha value is -2.26. The molecular formula is C20H27N3O5S. The second-order valence-corrected chi connectivity index (χ2v) is 8.50. The number of nitrogens with zero attached hydrogens (tertiary/aromatic N) is 2. The minimum Gasteiger partial charge on any atom is -0.466 e. The number of carbonyl (C=O) groups excluding carboxylic acids is 2. The summed E-state index contributed by atoms with van der Waals surface area (Å²) in [5.74, 6) is -0.0604. The highest BCUT2D eigenvalue weighted by molar-refractivity contribution is 7.20. The summed E-state index contributed by atoms with van der Waals surface area (Å²) in [7, 11) is 0. The van der Waals surface area contributed by atoms with E-state index in [1.54, 1.807) is 20.8 Å². The van der Waals surface area contributed by atoms with E-state index in [9.17, 15) is 14.4 Å². The molecule has 0 radical (unpaired) electrons. The molecule has 1 aliphatic rings. The second kappa shape index (κ2) is 9.04. The van der Waals surface area contributed by atoms with Crippen LogP contribution in [0.25, 0.3) is 10.2 Å². The number of aromatic amines is 1. The van der Waals surface area contributed by atoms with Crippen LogP contribution in [0, 0.1) is 12.8 Å². The number of fused-ring (bicyclic) bond motifs is 1. The van der Waals surface area contributed by atoms with E-state index in [1.165, 1.54) is 11.3 Å². The van der Waals surface area contributed by atoms with Crippen molar-refractivity contribution in [1.29, 1.82) is 0 Å². The van der Waals surface area contributed by atoms with E-state index in [4.69, 9.17) is 9.47 Å². The first kappa shape index (κ1) is 21.4. The van der Waals surface area contributed by atoms with Gasteiger partial charge in [-0.25, -0.2) is 9.78 Å². The molecule has 0 saturated carbocycles. The lowest BCUT2D eigenvalue weighted by Crippen LogP contribution is -2.37. The number of piperidine rings is 1. The summed E-state index contributed by atoms with van der Waals surface area (Å²) >= 11 is 1.19. The van der Waals surface area contributed by atoms with Crippen LogP contribution in [0.2, 0.25) is 0 Å². The van der Waals surface area contributed by atoms with Gasteiger partial charge in [0.1, 0.15) is 15.5 Å². The third-order valence-electron chi connectivity index (χ3n) is 4.96. The van der Waals surface area contributed by atoms with Gasteiger partial charge >= 0.3 is 11.9 Å². The van der Waals surface area contributed by atoms with Crippen molar-refractivity contribution < 1.29 is 19.1 Å². The molecule has 0 unspecified atom stereocenters. The van der Waals surface area contributed by atoms with E-state index in [0.717, 1.165) is 25.9 Å². The number of hydrogen-bond donors (Lipinski definition) is 1. The van der Waals surface area contributed by atoms with Gasteiger partial charge in [-0.15, -0.1) is 11.3 Å². The maximum absolute atomic E-state index is 12.6. The zero-order chi connectivity index (χ0) is 21.1. The maximum atomic E-state index is 12.6. The largest absolute Gasteiger partial charge is 0.466 e. The molecule has 0 spiro atoms. The predicted octanol–water partition coefficient (Wildman–Crippen LogP) is 2.63. The molecule has 1 N–H and O–H groups in total. The minimum absolute atomic E-state index is 0.0600. The van der Waals surface area contributed by atoms with Crippen molar-refractivity contribution in [3.05, 3.63) is 26.6 Å². The quantitative estimate of drug-likeness (QED) is 0.716. The van der Waals surface area contributed by atoms with Gasteiger partial charge in [0.05, 0.1) is 30.6 Å². The van der Waals surface area contributed by atoms with Crippen molar-refractivity contribution in [3.8, 4) is 0 Å². The molecule has 3 heterocycles. The van der Waals surface area contributed by atoms with Crippen molar-refractivity contribution >= 4 is 33.5 Å². The van der Waals surface area contributed by atoms with Crippen LogP contribution in [0.15, 0.2) is 4.79 Å². The lowest BCUT2D eigenvalue weighted by Gasteiger charge is -2.30. The van der Waals surface area contributed by atoms with E-state index in [-0.39, 0.29) is 23.6 Å². The Balaban J connectivity index is 1.74. The van der Waals surface area contributed by atoms with Crippen molar-refractivity contribution in [2.75, 3.05) is 19.7 Å². The van der Waals surface area contributed by atoms with Crippen LogP contribution in [0.4, 0.5) is 0 Å². The number of thiophene rings is 1. The van der Waals surface area contributed by atoms with Gasteiger partial charge < -0.3 is 14.5 Å². The highest BCUT2D eigenvalue weighted by Crippen LogP contribution is 2.28. The van der Waals surface area contributed by atoms with E-state index >= 15 is 0 Å². The molecule has 8 nitrogen and oxygen atoms in total. The summed E-state index contributed by atoms with van der Waals surface area (Å²) in [6, 6.07) is 0. The topological polar surface area (TPSA) is 102 Å². The molecule has 0 atom stereocenters. The highest BCUT2D eigenvalue weighted by atomic mass is 32.1. The third-order valence-corrected chi connectivity index (χ3v) is 6.12. The molecule has 0 bridgehead atoms. The number of carbonyl (C=O) groups is 2. The van der Waals surface area contributed by atoms with Gasteiger partial charge in [-0.2, -0.15) is 0 Å². The van der Waals surface area contributed by atoms with Crippen molar-refractivity contribution in [3.63, 3.8) is 0 Å². The number of nitrogens with one attached hydrogen (secondary N) is 1. The molecule has 158 valence electrons. The Bertz CT molecular complexity index is 957. The monoisotopic (exact) mass is 421 g/mol. The molecule has 29 heavy (non-hydrogen) atoms. The fourth-order valence-corrected chi connectivity index (χ4v) is 4.61. The van der Waals surface area contributed by atoms with Gasteiger partial charge in [-0.05, 0) is 59.2 Å². The van der Waals surface area contributed by atoms with Crippen LogP contribution >= 0.6 is 11.3 Å². The first-order valence-electron chi connectivity index (χ1n) is 9.92. The molecule has 1 saturated heterocycles. The fourth-order valence-electron chi connectivity index (χ4n) is 3.52. The smallest absolute Gasteiger partial charge is 0.348 e. The van der Waals surface area contributed by atoms with E-state index in [1.807, 2.05) is 6.92 Å². The predicted molar refractivity (Wildman–Crippen MR) is 110 cm³/mol. The van der Waals surface area contributed by atoms with Crippen molar-refractivity contribution in [2.24, 2.45) is 5.92 Å². The number of rotatable bonds is 6. The second-order valence-electron chi connectivity index (χ2n) is 7.51. The molecule has 3 rings (SSSR count). The minimum atomic E-state index is -0.428. The Kier molecular flexibility index (Phi) is 6.69. The summed E-state index contributed by atoms with van der Waals surface area (Å²) in [6.07, 6.45) is 1.23. The number of aryl methyl sites for hydroxylation is 1. The molecular weight excluding hydrogens is 394 g/mol. The summed E-state index contributed by atoms with van der Waals surface area (Å²) in [6.45, 7) is 9.49. The molecule has 0 aliphatic carbocycles. The number of H-pyrrole nitrogens is 1.